The second-order valence-corrected chi connectivity index (χ2v) is 5.08. The molecule has 1 aromatic carbocycles. The number of halogens is 2. The molecule has 0 radical (unpaired) electrons. The van der Waals surface area contributed by atoms with Crippen LogP contribution in [-0.4, -0.2) is 17.3 Å². The number of rotatable bonds is 2. The number of nitrogens with one attached hydrogen (secondary N) is 1. The van der Waals surface area contributed by atoms with Gasteiger partial charge >= 0.3 is 0 Å². The Morgan fingerprint density at radius 3 is 2.81 bits per heavy atom. The highest BCUT2D eigenvalue weighted by Crippen LogP contribution is 2.27. The number of hydrogen-bond acceptors (Lipinski definition) is 2. The lowest BCUT2D eigenvalue weighted by atomic mass is 9.92. The summed E-state index contributed by atoms with van der Waals surface area (Å²) in [5.41, 5.74) is 0.714. The zero-order valence-electron chi connectivity index (χ0n) is 8.92. The van der Waals surface area contributed by atoms with Crippen molar-refractivity contribution in [3.63, 3.8) is 0 Å². The second-order valence-electron chi connectivity index (χ2n) is 4.23. The molecule has 2 nitrogen and oxygen atoms in total. The topological polar surface area (TPSA) is 32.3 Å². The zero-order valence-corrected chi connectivity index (χ0v) is 10.5. The van der Waals surface area contributed by atoms with E-state index in [0.29, 0.717) is 5.69 Å². The maximum Gasteiger partial charge on any atom is 0.125 e. The van der Waals surface area contributed by atoms with E-state index in [1.165, 1.54) is 12.1 Å². The van der Waals surface area contributed by atoms with Gasteiger partial charge in [-0.1, -0.05) is 12.8 Å². The molecule has 0 spiro atoms. The molecule has 4 heteroatoms. The second kappa shape index (κ2) is 5.15. The van der Waals surface area contributed by atoms with Gasteiger partial charge in [0, 0.05) is 4.47 Å². The third-order valence-electron chi connectivity index (χ3n) is 3.00. The lowest BCUT2D eigenvalue weighted by Gasteiger charge is -2.29. The minimum absolute atomic E-state index is 0.0341. The quantitative estimate of drug-likeness (QED) is 0.875. The van der Waals surface area contributed by atoms with Crippen molar-refractivity contribution in [2.24, 2.45) is 0 Å². The third-order valence-corrected chi connectivity index (χ3v) is 3.69. The summed E-state index contributed by atoms with van der Waals surface area (Å²) in [4.78, 5) is 0. The van der Waals surface area contributed by atoms with Gasteiger partial charge in [-0.15, -0.1) is 0 Å². The fourth-order valence-electron chi connectivity index (χ4n) is 2.09. The van der Waals surface area contributed by atoms with Gasteiger partial charge in [0.05, 0.1) is 17.8 Å². The molecule has 2 atom stereocenters. The standard InChI is InChI=1S/C12H15BrFNO/c13-9-6-5-8(14)7-11(9)15-10-3-1-2-4-12(10)16/h5-7,10,12,15-16H,1-4H2/t10-,12-/m0/s1. The zero-order chi connectivity index (χ0) is 11.5. The maximum absolute atomic E-state index is 13.1. The molecular formula is C12H15BrFNO. The number of aliphatic hydroxyl groups excluding tert-OH is 1. The summed E-state index contributed by atoms with van der Waals surface area (Å²) < 4.78 is 13.9. The highest BCUT2D eigenvalue weighted by Gasteiger charge is 2.23. The van der Waals surface area contributed by atoms with Gasteiger partial charge in [-0.2, -0.15) is 0 Å². The van der Waals surface area contributed by atoms with Crippen LogP contribution in [0.5, 0.6) is 0 Å². The molecular weight excluding hydrogens is 273 g/mol. The molecule has 2 N–H and O–H groups in total. The molecule has 1 aromatic rings. The van der Waals surface area contributed by atoms with Crippen molar-refractivity contribution in [2.75, 3.05) is 5.32 Å². The fourth-order valence-corrected chi connectivity index (χ4v) is 2.45. The van der Waals surface area contributed by atoms with Crippen molar-refractivity contribution in [3.8, 4) is 0 Å². The van der Waals surface area contributed by atoms with E-state index in [0.717, 1.165) is 30.2 Å². The summed E-state index contributed by atoms with van der Waals surface area (Å²) in [6.45, 7) is 0. The van der Waals surface area contributed by atoms with Crippen LogP contribution in [0, 0.1) is 5.82 Å². The molecule has 2 rings (SSSR count). The molecule has 0 amide bonds. The van der Waals surface area contributed by atoms with Crippen LogP contribution in [-0.2, 0) is 0 Å². The van der Waals surface area contributed by atoms with Crippen LogP contribution in [0.25, 0.3) is 0 Å². The van der Waals surface area contributed by atoms with E-state index in [-0.39, 0.29) is 18.0 Å². The predicted molar refractivity (Wildman–Crippen MR) is 66.0 cm³/mol. The summed E-state index contributed by atoms with van der Waals surface area (Å²) in [6.07, 6.45) is 3.61. The molecule has 0 aromatic heterocycles. The summed E-state index contributed by atoms with van der Waals surface area (Å²) in [6, 6.07) is 4.57. The molecule has 0 saturated heterocycles. The van der Waals surface area contributed by atoms with E-state index in [2.05, 4.69) is 21.2 Å². The van der Waals surface area contributed by atoms with Crippen LogP contribution in [0.3, 0.4) is 0 Å². The predicted octanol–water partition coefficient (Wildman–Crippen LogP) is 3.30. The first-order valence-corrected chi connectivity index (χ1v) is 6.36. The van der Waals surface area contributed by atoms with E-state index in [1.54, 1.807) is 6.07 Å². The largest absolute Gasteiger partial charge is 0.391 e. The van der Waals surface area contributed by atoms with Crippen LogP contribution >= 0.6 is 15.9 Å². The molecule has 0 unspecified atom stereocenters. The minimum atomic E-state index is -0.330. The maximum atomic E-state index is 13.1. The average molecular weight is 288 g/mol. The minimum Gasteiger partial charge on any atom is -0.391 e. The monoisotopic (exact) mass is 287 g/mol. The van der Waals surface area contributed by atoms with E-state index in [9.17, 15) is 9.50 Å². The third kappa shape index (κ3) is 2.74. The van der Waals surface area contributed by atoms with Crippen molar-refractivity contribution in [1.82, 2.24) is 0 Å². The van der Waals surface area contributed by atoms with Crippen LogP contribution in [0.2, 0.25) is 0 Å². The van der Waals surface area contributed by atoms with Gasteiger partial charge in [0.25, 0.3) is 0 Å². The Labute approximate surface area is 103 Å². The Balaban J connectivity index is 2.10. The Morgan fingerprint density at radius 2 is 2.06 bits per heavy atom. The van der Waals surface area contributed by atoms with Crippen LogP contribution in [0.1, 0.15) is 25.7 Å². The molecule has 88 valence electrons. The fraction of sp³-hybridized carbons (Fsp3) is 0.500. The smallest absolute Gasteiger partial charge is 0.125 e. The Bertz CT molecular complexity index is 372. The van der Waals surface area contributed by atoms with Crippen molar-refractivity contribution in [3.05, 3.63) is 28.5 Å². The summed E-state index contributed by atoms with van der Waals surface area (Å²) in [5, 5.41) is 13.0. The molecule has 0 aliphatic heterocycles. The van der Waals surface area contributed by atoms with E-state index in [4.69, 9.17) is 0 Å². The van der Waals surface area contributed by atoms with Crippen LogP contribution < -0.4 is 5.32 Å². The van der Waals surface area contributed by atoms with Gasteiger partial charge in [-0.05, 0) is 47.0 Å². The van der Waals surface area contributed by atoms with Crippen molar-refractivity contribution < 1.29 is 9.50 Å². The van der Waals surface area contributed by atoms with Crippen molar-refractivity contribution >= 4 is 21.6 Å². The highest BCUT2D eigenvalue weighted by atomic mass is 79.9. The number of anilines is 1. The Hall–Kier alpha value is -0.610. The first kappa shape index (κ1) is 11.9. The van der Waals surface area contributed by atoms with Gasteiger partial charge < -0.3 is 10.4 Å². The summed E-state index contributed by atoms with van der Waals surface area (Å²) >= 11 is 3.37. The van der Waals surface area contributed by atoms with Crippen LogP contribution in [0.15, 0.2) is 22.7 Å². The molecule has 1 fully saturated rings. The van der Waals surface area contributed by atoms with Crippen molar-refractivity contribution in [1.29, 1.82) is 0 Å². The number of benzene rings is 1. The highest BCUT2D eigenvalue weighted by molar-refractivity contribution is 9.10. The summed E-state index contributed by atoms with van der Waals surface area (Å²) in [5.74, 6) is -0.268. The lowest BCUT2D eigenvalue weighted by molar-refractivity contribution is 0.116. The van der Waals surface area contributed by atoms with E-state index >= 15 is 0 Å². The van der Waals surface area contributed by atoms with E-state index in [1.807, 2.05) is 0 Å². The van der Waals surface area contributed by atoms with Gasteiger partial charge in [0.2, 0.25) is 0 Å². The Morgan fingerprint density at radius 1 is 1.31 bits per heavy atom. The molecule has 16 heavy (non-hydrogen) atoms. The van der Waals surface area contributed by atoms with Crippen LogP contribution in [0.4, 0.5) is 10.1 Å². The first-order valence-electron chi connectivity index (χ1n) is 5.56. The first-order chi connectivity index (χ1) is 7.66. The lowest BCUT2D eigenvalue weighted by Crippen LogP contribution is -2.36. The molecule has 1 aliphatic carbocycles. The SMILES string of the molecule is O[C@H]1CCCC[C@@H]1Nc1cc(F)ccc1Br. The van der Waals surface area contributed by atoms with E-state index < -0.39 is 0 Å². The van der Waals surface area contributed by atoms with Gasteiger partial charge in [-0.25, -0.2) is 4.39 Å². The number of aliphatic hydroxyl groups is 1. The van der Waals surface area contributed by atoms with Gasteiger partial charge in [0.1, 0.15) is 5.82 Å². The molecule has 1 aliphatic rings. The van der Waals surface area contributed by atoms with Gasteiger partial charge in [0.15, 0.2) is 0 Å². The molecule has 0 bridgehead atoms. The summed E-state index contributed by atoms with van der Waals surface area (Å²) in [7, 11) is 0. The van der Waals surface area contributed by atoms with Crippen molar-refractivity contribution in [2.45, 2.75) is 37.8 Å². The molecule has 0 heterocycles. The van der Waals surface area contributed by atoms with Gasteiger partial charge in [-0.3, -0.25) is 0 Å². The Kier molecular flexibility index (Phi) is 3.82. The number of hydrogen-bond donors (Lipinski definition) is 2. The normalized spacial score (nSPS) is 25.4. The molecule has 1 saturated carbocycles. The average Bonchev–Trinajstić information content (AvgIpc) is 2.27.